The fraction of sp³-hybridized carbons (Fsp3) is 0.214. The summed E-state index contributed by atoms with van der Waals surface area (Å²) in [5.41, 5.74) is 1.28. The second-order valence-corrected chi connectivity index (χ2v) is 4.23. The average Bonchev–Trinajstić information content (AvgIpc) is 2.84. The number of aryl methyl sites for hydroxylation is 2. The molecule has 2 aromatic heterocycles. The summed E-state index contributed by atoms with van der Waals surface area (Å²) in [4.78, 5) is 4.18. The standard InChI is InChI=1S/C14H14N4/c1-2-5-13-12(4-1)7-11-18(13)10-3-6-14-15-8-9-16-17-14/h1-2,4-5,7-9,11H,3,6,10H2. The number of fused-ring (bicyclic) bond motifs is 1. The molecule has 18 heavy (non-hydrogen) atoms. The maximum atomic E-state index is 4.18. The van der Waals surface area contributed by atoms with Crippen LogP contribution in [0.25, 0.3) is 10.9 Å². The van der Waals surface area contributed by atoms with Crippen molar-refractivity contribution >= 4 is 10.9 Å². The molecule has 0 saturated carbocycles. The van der Waals surface area contributed by atoms with Gasteiger partial charge >= 0.3 is 0 Å². The van der Waals surface area contributed by atoms with Crippen LogP contribution in [-0.4, -0.2) is 19.7 Å². The van der Waals surface area contributed by atoms with Gasteiger partial charge in [0, 0.05) is 30.9 Å². The number of benzene rings is 1. The van der Waals surface area contributed by atoms with E-state index < -0.39 is 0 Å². The third-order valence-corrected chi connectivity index (χ3v) is 3.01. The molecule has 0 spiro atoms. The topological polar surface area (TPSA) is 43.6 Å². The van der Waals surface area contributed by atoms with E-state index >= 15 is 0 Å². The largest absolute Gasteiger partial charge is 0.347 e. The summed E-state index contributed by atoms with van der Waals surface area (Å²) in [6.07, 6.45) is 7.30. The van der Waals surface area contributed by atoms with Crippen molar-refractivity contribution in [3.05, 3.63) is 54.7 Å². The Labute approximate surface area is 105 Å². The lowest BCUT2D eigenvalue weighted by molar-refractivity contribution is 0.638. The molecule has 0 aliphatic heterocycles. The predicted molar refractivity (Wildman–Crippen MR) is 70.1 cm³/mol. The molecule has 0 amide bonds. The molecule has 0 aliphatic rings. The zero-order chi connectivity index (χ0) is 12.2. The van der Waals surface area contributed by atoms with Gasteiger partial charge < -0.3 is 4.57 Å². The smallest absolute Gasteiger partial charge is 0.150 e. The Kier molecular flexibility index (Phi) is 3.00. The summed E-state index contributed by atoms with van der Waals surface area (Å²) in [5.74, 6) is 0.814. The zero-order valence-electron chi connectivity index (χ0n) is 10.0. The third-order valence-electron chi connectivity index (χ3n) is 3.01. The number of rotatable bonds is 4. The van der Waals surface area contributed by atoms with Crippen LogP contribution in [0.5, 0.6) is 0 Å². The molecule has 0 atom stereocenters. The van der Waals surface area contributed by atoms with Crippen molar-refractivity contribution in [2.24, 2.45) is 0 Å². The van der Waals surface area contributed by atoms with Crippen molar-refractivity contribution in [3.63, 3.8) is 0 Å². The van der Waals surface area contributed by atoms with E-state index in [0.717, 1.165) is 25.2 Å². The van der Waals surface area contributed by atoms with Crippen LogP contribution in [0.15, 0.2) is 48.9 Å². The lowest BCUT2D eigenvalue weighted by Gasteiger charge is -2.04. The zero-order valence-corrected chi connectivity index (χ0v) is 10.0. The fourth-order valence-electron chi connectivity index (χ4n) is 2.13. The van der Waals surface area contributed by atoms with Crippen molar-refractivity contribution in [2.75, 3.05) is 0 Å². The SMILES string of the molecule is c1ccc2c(c1)ccn2CCCc1nccnn1. The molecule has 0 N–H and O–H groups in total. The van der Waals surface area contributed by atoms with Crippen LogP contribution >= 0.6 is 0 Å². The van der Waals surface area contributed by atoms with Gasteiger partial charge in [-0.3, -0.25) is 0 Å². The van der Waals surface area contributed by atoms with Crippen molar-refractivity contribution in [1.29, 1.82) is 0 Å². The lowest BCUT2D eigenvalue weighted by atomic mass is 10.2. The van der Waals surface area contributed by atoms with Crippen molar-refractivity contribution < 1.29 is 0 Å². The molecule has 90 valence electrons. The Hall–Kier alpha value is -2.23. The third kappa shape index (κ3) is 2.22. The molecule has 0 radical (unpaired) electrons. The summed E-state index contributed by atoms with van der Waals surface area (Å²) < 4.78 is 2.27. The van der Waals surface area contributed by atoms with E-state index in [4.69, 9.17) is 0 Å². The molecule has 3 aromatic rings. The van der Waals surface area contributed by atoms with Crippen LogP contribution in [0.4, 0.5) is 0 Å². The first-order valence-electron chi connectivity index (χ1n) is 6.10. The van der Waals surface area contributed by atoms with E-state index in [1.165, 1.54) is 10.9 Å². The predicted octanol–water partition coefficient (Wildman–Crippen LogP) is 2.46. The summed E-state index contributed by atoms with van der Waals surface area (Å²) >= 11 is 0. The Bertz CT molecular complexity index is 630. The highest BCUT2D eigenvalue weighted by Gasteiger charge is 2.01. The van der Waals surface area contributed by atoms with Crippen LogP contribution < -0.4 is 0 Å². The van der Waals surface area contributed by atoms with Crippen LogP contribution in [0.3, 0.4) is 0 Å². The molecule has 0 saturated heterocycles. The van der Waals surface area contributed by atoms with Gasteiger partial charge in [0.1, 0.15) is 0 Å². The van der Waals surface area contributed by atoms with Gasteiger partial charge in [0.05, 0.1) is 6.20 Å². The molecular formula is C14H14N4. The Morgan fingerprint density at radius 2 is 2.00 bits per heavy atom. The Morgan fingerprint density at radius 3 is 2.89 bits per heavy atom. The molecule has 1 aromatic carbocycles. The highest BCUT2D eigenvalue weighted by molar-refractivity contribution is 5.79. The first kappa shape index (κ1) is 10.9. The van der Waals surface area contributed by atoms with Crippen molar-refractivity contribution in [2.45, 2.75) is 19.4 Å². The quantitative estimate of drug-likeness (QED) is 0.701. The van der Waals surface area contributed by atoms with Crippen LogP contribution in [0.1, 0.15) is 12.2 Å². The number of aromatic nitrogens is 4. The normalized spacial score (nSPS) is 10.9. The fourth-order valence-corrected chi connectivity index (χ4v) is 2.13. The average molecular weight is 238 g/mol. The van der Waals surface area contributed by atoms with Gasteiger partial charge in [0.15, 0.2) is 5.82 Å². The molecule has 4 heteroatoms. The van der Waals surface area contributed by atoms with Gasteiger partial charge in [-0.1, -0.05) is 18.2 Å². The minimum Gasteiger partial charge on any atom is -0.347 e. The molecule has 0 fully saturated rings. The first-order chi connectivity index (χ1) is 8.93. The van der Waals surface area contributed by atoms with Crippen LogP contribution in [0, 0.1) is 0 Å². The molecule has 2 heterocycles. The van der Waals surface area contributed by atoms with Crippen molar-refractivity contribution in [3.8, 4) is 0 Å². The molecular weight excluding hydrogens is 224 g/mol. The Morgan fingerprint density at radius 1 is 1.06 bits per heavy atom. The first-order valence-corrected chi connectivity index (χ1v) is 6.10. The van der Waals surface area contributed by atoms with Crippen molar-refractivity contribution in [1.82, 2.24) is 19.7 Å². The van der Waals surface area contributed by atoms with Gasteiger partial charge in [0.25, 0.3) is 0 Å². The van der Waals surface area contributed by atoms with Crippen LogP contribution in [0.2, 0.25) is 0 Å². The van der Waals surface area contributed by atoms with E-state index in [1.54, 1.807) is 12.4 Å². The summed E-state index contributed by atoms with van der Waals surface area (Å²) in [6.45, 7) is 0.978. The van der Waals surface area contributed by atoms with Gasteiger partial charge in [-0.25, -0.2) is 4.98 Å². The monoisotopic (exact) mass is 238 g/mol. The van der Waals surface area contributed by atoms with Gasteiger partial charge in [-0.15, -0.1) is 5.10 Å². The number of para-hydroxylation sites is 1. The second kappa shape index (κ2) is 4.96. The molecule has 3 rings (SSSR count). The lowest BCUT2D eigenvalue weighted by Crippen LogP contribution is -2.01. The summed E-state index contributed by atoms with van der Waals surface area (Å²) in [7, 11) is 0. The second-order valence-electron chi connectivity index (χ2n) is 4.23. The van der Waals surface area contributed by atoms with E-state index in [-0.39, 0.29) is 0 Å². The van der Waals surface area contributed by atoms with E-state index in [1.807, 2.05) is 0 Å². The van der Waals surface area contributed by atoms with E-state index in [2.05, 4.69) is 56.3 Å². The maximum absolute atomic E-state index is 4.18. The molecule has 0 unspecified atom stereocenters. The number of hydrogen-bond acceptors (Lipinski definition) is 3. The Balaban J connectivity index is 1.67. The summed E-state index contributed by atoms with van der Waals surface area (Å²) in [5, 5.41) is 9.11. The number of nitrogens with zero attached hydrogens (tertiary/aromatic N) is 4. The highest BCUT2D eigenvalue weighted by atomic mass is 15.1. The van der Waals surface area contributed by atoms with Gasteiger partial charge in [-0.05, 0) is 23.9 Å². The van der Waals surface area contributed by atoms with Gasteiger partial charge in [0.2, 0.25) is 0 Å². The van der Waals surface area contributed by atoms with Crippen LogP contribution in [-0.2, 0) is 13.0 Å². The molecule has 0 bridgehead atoms. The summed E-state index contributed by atoms with van der Waals surface area (Å²) in [6, 6.07) is 10.6. The molecule has 4 nitrogen and oxygen atoms in total. The highest BCUT2D eigenvalue weighted by Crippen LogP contribution is 2.15. The molecule has 0 aliphatic carbocycles. The van der Waals surface area contributed by atoms with E-state index in [9.17, 15) is 0 Å². The number of hydrogen-bond donors (Lipinski definition) is 0. The minimum atomic E-state index is 0.814. The maximum Gasteiger partial charge on any atom is 0.150 e. The van der Waals surface area contributed by atoms with E-state index in [0.29, 0.717) is 0 Å². The van der Waals surface area contributed by atoms with Gasteiger partial charge in [-0.2, -0.15) is 5.10 Å². The minimum absolute atomic E-state index is 0.814.